The zero-order valence-electron chi connectivity index (χ0n) is 10.8. The molecule has 0 saturated heterocycles. The third kappa shape index (κ3) is 1.99. The van der Waals surface area contributed by atoms with Crippen molar-refractivity contribution in [2.24, 2.45) is 5.92 Å². The van der Waals surface area contributed by atoms with Crippen molar-refractivity contribution in [3.63, 3.8) is 0 Å². The van der Waals surface area contributed by atoms with Gasteiger partial charge in [-0.1, -0.05) is 0 Å². The zero-order chi connectivity index (χ0) is 13.6. The van der Waals surface area contributed by atoms with Crippen molar-refractivity contribution < 1.29 is 19.7 Å². The number of anilines is 1. The maximum Gasteiger partial charge on any atom is 0.303 e. The molecule has 2 aliphatic heterocycles. The van der Waals surface area contributed by atoms with Crippen molar-refractivity contribution in [3.05, 3.63) is 17.2 Å². The molecule has 19 heavy (non-hydrogen) atoms. The molecule has 0 saturated carbocycles. The summed E-state index contributed by atoms with van der Waals surface area (Å²) in [5.74, 6) is -0.112. The largest absolute Gasteiger partial charge is 0.504 e. The lowest BCUT2D eigenvalue weighted by molar-refractivity contribution is -0.138. The third-order valence-corrected chi connectivity index (χ3v) is 3.93. The van der Waals surface area contributed by atoms with Crippen LogP contribution in [-0.4, -0.2) is 36.4 Å². The number of hydrogen-bond acceptors (Lipinski definition) is 4. The molecule has 1 atom stereocenters. The van der Waals surface area contributed by atoms with Gasteiger partial charge < -0.3 is 19.8 Å². The molecule has 0 bridgehead atoms. The number of carboxylic acid groups (broad SMARTS) is 1. The first-order valence-corrected chi connectivity index (χ1v) is 6.49. The predicted molar refractivity (Wildman–Crippen MR) is 70.0 cm³/mol. The van der Waals surface area contributed by atoms with Gasteiger partial charge in [0.2, 0.25) is 0 Å². The third-order valence-electron chi connectivity index (χ3n) is 3.93. The van der Waals surface area contributed by atoms with Gasteiger partial charge in [0.05, 0.1) is 13.0 Å². The van der Waals surface area contributed by atoms with Gasteiger partial charge in [-0.3, -0.25) is 4.79 Å². The van der Waals surface area contributed by atoms with Gasteiger partial charge in [0.25, 0.3) is 0 Å². The van der Waals surface area contributed by atoms with Gasteiger partial charge in [0.15, 0.2) is 11.5 Å². The highest BCUT2D eigenvalue weighted by molar-refractivity contribution is 5.72. The number of phenolic OH excluding ortho intramolecular Hbond substituents is 1. The SMILES string of the molecule is CN1CCc2cc(O)c3c(c21)CC(CC(=O)O)CO3. The van der Waals surface area contributed by atoms with Crippen LogP contribution in [0.4, 0.5) is 5.69 Å². The van der Waals surface area contributed by atoms with Gasteiger partial charge >= 0.3 is 5.97 Å². The fourth-order valence-corrected chi connectivity index (χ4v) is 3.10. The number of aromatic hydroxyl groups is 1. The quantitative estimate of drug-likeness (QED) is 0.844. The van der Waals surface area contributed by atoms with Crippen LogP contribution in [0, 0.1) is 5.92 Å². The predicted octanol–water partition coefficient (Wildman–Crippen LogP) is 1.41. The number of benzene rings is 1. The Morgan fingerprint density at radius 2 is 2.37 bits per heavy atom. The van der Waals surface area contributed by atoms with Crippen LogP contribution in [0.5, 0.6) is 11.5 Å². The lowest BCUT2D eigenvalue weighted by Crippen LogP contribution is -2.25. The van der Waals surface area contributed by atoms with Crippen molar-refractivity contribution >= 4 is 11.7 Å². The van der Waals surface area contributed by atoms with E-state index in [0.717, 1.165) is 29.8 Å². The molecule has 1 unspecified atom stereocenters. The lowest BCUT2D eigenvalue weighted by Gasteiger charge is -2.28. The molecule has 0 aromatic heterocycles. The van der Waals surface area contributed by atoms with Crippen molar-refractivity contribution in [2.75, 3.05) is 25.1 Å². The highest BCUT2D eigenvalue weighted by Crippen LogP contribution is 2.46. The van der Waals surface area contributed by atoms with Crippen LogP contribution >= 0.6 is 0 Å². The maximum absolute atomic E-state index is 10.8. The Morgan fingerprint density at radius 1 is 1.58 bits per heavy atom. The van der Waals surface area contributed by atoms with Crippen LogP contribution in [0.15, 0.2) is 6.07 Å². The number of phenols is 1. The van der Waals surface area contributed by atoms with Crippen molar-refractivity contribution in [1.82, 2.24) is 0 Å². The summed E-state index contributed by atoms with van der Waals surface area (Å²) in [6, 6.07) is 1.77. The minimum atomic E-state index is -0.804. The molecule has 0 spiro atoms. The summed E-state index contributed by atoms with van der Waals surface area (Å²) in [4.78, 5) is 13.0. The molecule has 0 amide bonds. The highest BCUT2D eigenvalue weighted by atomic mass is 16.5. The van der Waals surface area contributed by atoms with Gasteiger partial charge in [-0.2, -0.15) is 0 Å². The Morgan fingerprint density at radius 3 is 3.11 bits per heavy atom. The first-order chi connectivity index (χ1) is 9.06. The highest BCUT2D eigenvalue weighted by Gasteiger charge is 2.31. The zero-order valence-corrected chi connectivity index (χ0v) is 10.8. The fraction of sp³-hybridized carbons (Fsp3) is 0.500. The number of nitrogens with zero attached hydrogens (tertiary/aromatic N) is 1. The van der Waals surface area contributed by atoms with E-state index in [1.54, 1.807) is 6.07 Å². The van der Waals surface area contributed by atoms with E-state index in [1.165, 1.54) is 0 Å². The van der Waals surface area contributed by atoms with E-state index in [9.17, 15) is 9.90 Å². The Bertz CT molecular complexity index is 541. The van der Waals surface area contributed by atoms with E-state index in [1.807, 2.05) is 7.05 Å². The average molecular weight is 263 g/mol. The molecule has 2 N–H and O–H groups in total. The summed E-state index contributed by atoms with van der Waals surface area (Å²) in [5.41, 5.74) is 3.20. The second-order valence-electron chi connectivity index (χ2n) is 5.36. The number of hydrogen-bond donors (Lipinski definition) is 2. The number of carboxylic acids is 1. The topological polar surface area (TPSA) is 70.0 Å². The van der Waals surface area contributed by atoms with Gasteiger partial charge in [-0.15, -0.1) is 0 Å². The number of carbonyl (C=O) groups is 1. The van der Waals surface area contributed by atoms with E-state index in [-0.39, 0.29) is 18.1 Å². The minimum Gasteiger partial charge on any atom is -0.504 e. The van der Waals surface area contributed by atoms with E-state index < -0.39 is 5.97 Å². The summed E-state index contributed by atoms with van der Waals surface area (Å²) in [6.07, 6.45) is 1.67. The first-order valence-electron chi connectivity index (χ1n) is 6.49. The summed E-state index contributed by atoms with van der Waals surface area (Å²) in [5, 5.41) is 18.9. The number of likely N-dealkylation sites (N-methyl/N-ethyl adjacent to an activating group) is 1. The summed E-state index contributed by atoms with van der Waals surface area (Å²) in [6.45, 7) is 1.28. The van der Waals surface area contributed by atoms with Crippen molar-refractivity contribution in [3.8, 4) is 11.5 Å². The summed E-state index contributed by atoms with van der Waals surface area (Å²) in [7, 11) is 2.02. The molecular weight excluding hydrogens is 246 g/mol. The van der Waals surface area contributed by atoms with Crippen LogP contribution in [0.3, 0.4) is 0 Å². The molecule has 3 rings (SSSR count). The van der Waals surface area contributed by atoms with Gasteiger partial charge in [0, 0.05) is 30.8 Å². The van der Waals surface area contributed by atoms with Crippen LogP contribution in [-0.2, 0) is 17.6 Å². The molecular formula is C14H17NO4. The van der Waals surface area contributed by atoms with Crippen LogP contribution < -0.4 is 9.64 Å². The lowest BCUT2D eigenvalue weighted by atomic mass is 9.91. The summed E-state index contributed by atoms with van der Waals surface area (Å²) < 4.78 is 5.60. The van der Waals surface area contributed by atoms with Crippen LogP contribution in [0.25, 0.3) is 0 Å². The van der Waals surface area contributed by atoms with E-state index in [2.05, 4.69) is 4.90 Å². The first kappa shape index (κ1) is 12.1. The molecule has 1 aromatic rings. The van der Waals surface area contributed by atoms with Crippen LogP contribution in [0.2, 0.25) is 0 Å². The second-order valence-corrected chi connectivity index (χ2v) is 5.36. The smallest absolute Gasteiger partial charge is 0.303 e. The number of aliphatic carboxylic acids is 1. The minimum absolute atomic E-state index is 0.0232. The standard InChI is InChI=1S/C14H17NO4/c1-15-3-2-9-6-11(16)14-10(13(9)15)4-8(7-19-14)5-12(17)18/h6,8,16H,2-5,7H2,1H3,(H,17,18). The van der Waals surface area contributed by atoms with Gasteiger partial charge in [-0.25, -0.2) is 0 Å². The molecule has 5 heteroatoms. The number of ether oxygens (including phenoxy) is 1. The van der Waals surface area contributed by atoms with Crippen LogP contribution in [0.1, 0.15) is 17.5 Å². The van der Waals surface area contributed by atoms with Crippen molar-refractivity contribution in [1.29, 1.82) is 0 Å². The Hall–Kier alpha value is -1.91. The second kappa shape index (κ2) is 4.33. The van der Waals surface area contributed by atoms with Crippen molar-refractivity contribution in [2.45, 2.75) is 19.3 Å². The maximum atomic E-state index is 10.8. The molecule has 2 aliphatic rings. The fourth-order valence-electron chi connectivity index (χ4n) is 3.10. The normalized spacial score (nSPS) is 20.7. The monoisotopic (exact) mass is 263 g/mol. The summed E-state index contributed by atoms with van der Waals surface area (Å²) >= 11 is 0. The van der Waals surface area contributed by atoms with Gasteiger partial charge in [-0.05, 0) is 24.5 Å². The molecule has 0 fully saturated rings. The van der Waals surface area contributed by atoms with Gasteiger partial charge in [0.1, 0.15) is 0 Å². The Balaban J connectivity index is 2.00. The number of rotatable bonds is 2. The molecule has 2 heterocycles. The van der Waals surface area contributed by atoms with E-state index >= 15 is 0 Å². The van der Waals surface area contributed by atoms with E-state index in [0.29, 0.717) is 18.8 Å². The van der Waals surface area contributed by atoms with E-state index in [4.69, 9.17) is 9.84 Å². The molecule has 0 radical (unpaired) electrons. The number of fused-ring (bicyclic) bond motifs is 3. The molecule has 0 aliphatic carbocycles. The Labute approximate surface area is 111 Å². The Kier molecular flexibility index (Phi) is 2.77. The molecule has 1 aromatic carbocycles. The average Bonchev–Trinajstić information content (AvgIpc) is 2.70. The molecule has 5 nitrogen and oxygen atoms in total. The molecule has 102 valence electrons.